The average Bonchev–Trinajstić information content (AvgIpc) is 2.80. The van der Waals surface area contributed by atoms with Crippen LogP contribution in [-0.2, 0) is 4.79 Å². The van der Waals surface area contributed by atoms with Crippen molar-refractivity contribution in [2.24, 2.45) is 29.4 Å². The predicted molar refractivity (Wildman–Crippen MR) is 50.0 cm³/mol. The summed E-state index contributed by atoms with van der Waals surface area (Å²) in [5, 5.41) is 0. The Kier molecular flexibility index (Phi) is 1.58. The number of nitrogens with two attached hydrogens (primary N) is 1. The molecule has 3 fully saturated rings. The fourth-order valence-corrected chi connectivity index (χ4v) is 3.40. The standard InChI is InChI=1S/C11H17NO/c12-10-8-4-3-7(5-8)9(10)11(13)6-1-2-6/h6-10H,1-5,12H2. The van der Waals surface area contributed by atoms with Crippen LogP contribution in [0.4, 0.5) is 0 Å². The maximum Gasteiger partial charge on any atom is 0.140 e. The van der Waals surface area contributed by atoms with E-state index in [0.717, 1.165) is 12.8 Å². The van der Waals surface area contributed by atoms with Gasteiger partial charge in [0, 0.05) is 17.9 Å². The number of carbonyl (C=O) groups is 1. The molecule has 2 nitrogen and oxygen atoms in total. The maximum atomic E-state index is 11.9. The zero-order valence-electron chi connectivity index (χ0n) is 7.91. The summed E-state index contributed by atoms with van der Waals surface area (Å²) in [5.74, 6) is 2.52. The van der Waals surface area contributed by atoms with Crippen molar-refractivity contribution in [3.8, 4) is 0 Å². The number of carbonyl (C=O) groups excluding carboxylic acids is 1. The van der Waals surface area contributed by atoms with E-state index in [1.807, 2.05) is 0 Å². The molecule has 0 aliphatic heterocycles. The lowest BCUT2D eigenvalue weighted by molar-refractivity contribution is -0.126. The third kappa shape index (κ3) is 1.08. The summed E-state index contributed by atoms with van der Waals surface area (Å²) in [6, 6.07) is 0.215. The largest absolute Gasteiger partial charge is 0.327 e. The minimum atomic E-state index is 0.215. The molecule has 2 N–H and O–H groups in total. The van der Waals surface area contributed by atoms with Crippen molar-refractivity contribution in [3.63, 3.8) is 0 Å². The summed E-state index contributed by atoms with van der Waals surface area (Å²) in [6.45, 7) is 0. The number of ketones is 1. The molecule has 0 radical (unpaired) electrons. The minimum Gasteiger partial charge on any atom is -0.327 e. The third-order valence-electron chi connectivity index (χ3n) is 4.29. The van der Waals surface area contributed by atoms with Crippen LogP contribution < -0.4 is 5.73 Å². The van der Waals surface area contributed by atoms with E-state index < -0.39 is 0 Å². The van der Waals surface area contributed by atoms with Crippen LogP contribution in [0, 0.1) is 23.7 Å². The first-order chi connectivity index (χ1) is 6.27. The molecule has 3 saturated carbocycles. The van der Waals surface area contributed by atoms with Gasteiger partial charge in [-0.15, -0.1) is 0 Å². The smallest absolute Gasteiger partial charge is 0.140 e. The van der Waals surface area contributed by atoms with Crippen molar-refractivity contribution >= 4 is 5.78 Å². The Morgan fingerprint density at radius 2 is 1.77 bits per heavy atom. The van der Waals surface area contributed by atoms with Gasteiger partial charge in [0.1, 0.15) is 5.78 Å². The van der Waals surface area contributed by atoms with Gasteiger partial charge in [-0.25, -0.2) is 0 Å². The van der Waals surface area contributed by atoms with E-state index in [-0.39, 0.29) is 12.0 Å². The second-order valence-electron chi connectivity index (χ2n) is 5.11. The Labute approximate surface area is 78.9 Å². The van der Waals surface area contributed by atoms with E-state index in [9.17, 15) is 4.79 Å². The number of fused-ring (bicyclic) bond motifs is 2. The lowest BCUT2D eigenvalue weighted by atomic mass is 9.81. The van der Waals surface area contributed by atoms with E-state index in [1.54, 1.807) is 0 Å². The molecular weight excluding hydrogens is 162 g/mol. The summed E-state index contributed by atoms with van der Waals surface area (Å²) in [5.41, 5.74) is 6.11. The van der Waals surface area contributed by atoms with Gasteiger partial charge in [0.2, 0.25) is 0 Å². The SMILES string of the molecule is NC1C2CCC(C2)C1C(=O)C1CC1. The molecule has 0 amide bonds. The molecule has 3 aliphatic rings. The van der Waals surface area contributed by atoms with Crippen molar-refractivity contribution in [1.29, 1.82) is 0 Å². The zero-order valence-corrected chi connectivity index (χ0v) is 7.91. The maximum absolute atomic E-state index is 11.9. The fourth-order valence-electron chi connectivity index (χ4n) is 3.40. The second kappa shape index (κ2) is 2.57. The van der Waals surface area contributed by atoms with E-state index in [4.69, 9.17) is 5.73 Å². The van der Waals surface area contributed by atoms with Gasteiger partial charge in [0.25, 0.3) is 0 Å². The minimum absolute atomic E-state index is 0.215. The third-order valence-corrected chi connectivity index (χ3v) is 4.29. The van der Waals surface area contributed by atoms with Crippen LogP contribution in [-0.4, -0.2) is 11.8 Å². The van der Waals surface area contributed by atoms with Crippen molar-refractivity contribution < 1.29 is 4.79 Å². The van der Waals surface area contributed by atoms with Crippen LogP contribution in [0.5, 0.6) is 0 Å². The number of rotatable bonds is 2. The molecule has 0 aromatic carbocycles. The lowest BCUT2D eigenvalue weighted by Gasteiger charge is -2.26. The highest BCUT2D eigenvalue weighted by Crippen LogP contribution is 2.50. The zero-order chi connectivity index (χ0) is 9.00. The summed E-state index contributed by atoms with van der Waals surface area (Å²) in [7, 11) is 0. The number of hydrogen-bond acceptors (Lipinski definition) is 2. The van der Waals surface area contributed by atoms with Crippen molar-refractivity contribution in [1.82, 2.24) is 0 Å². The second-order valence-corrected chi connectivity index (χ2v) is 5.11. The Balaban J connectivity index is 1.79. The van der Waals surface area contributed by atoms with Crippen LogP contribution in [0.1, 0.15) is 32.1 Å². The predicted octanol–water partition coefficient (Wildman–Crippen LogP) is 1.34. The molecule has 0 aromatic heterocycles. The summed E-state index contributed by atoms with van der Waals surface area (Å²) >= 11 is 0. The molecule has 3 aliphatic carbocycles. The van der Waals surface area contributed by atoms with Gasteiger partial charge in [-0.3, -0.25) is 4.79 Å². The molecule has 2 bridgehead atoms. The molecule has 13 heavy (non-hydrogen) atoms. The highest BCUT2D eigenvalue weighted by atomic mass is 16.1. The van der Waals surface area contributed by atoms with Gasteiger partial charge in [0.05, 0.1) is 0 Å². The van der Waals surface area contributed by atoms with Gasteiger partial charge >= 0.3 is 0 Å². The first-order valence-corrected chi connectivity index (χ1v) is 5.56. The Hall–Kier alpha value is -0.370. The molecule has 4 atom stereocenters. The topological polar surface area (TPSA) is 43.1 Å². The van der Waals surface area contributed by atoms with Crippen LogP contribution in [0.15, 0.2) is 0 Å². The monoisotopic (exact) mass is 179 g/mol. The Morgan fingerprint density at radius 3 is 2.31 bits per heavy atom. The fraction of sp³-hybridized carbons (Fsp3) is 0.909. The van der Waals surface area contributed by atoms with Crippen molar-refractivity contribution in [2.75, 3.05) is 0 Å². The first-order valence-electron chi connectivity index (χ1n) is 5.56. The van der Waals surface area contributed by atoms with E-state index >= 15 is 0 Å². The summed E-state index contributed by atoms with van der Waals surface area (Å²) < 4.78 is 0. The molecule has 4 unspecified atom stereocenters. The average molecular weight is 179 g/mol. The van der Waals surface area contributed by atoms with E-state index in [1.165, 1.54) is 19.3 Å². The van der Waals surface area contributed by atoms with Crippen molar-refractivity contribution in [3.05, 3.63) is 0 Å². The Bertz CT molecular complexity index is 244. The molecule has 0 aromatic rings. The molecule has 72 valence electrons. The van der Waals surface area contributed by atoms with Gasteiger partial charge in [-0.1, -0.05) is 0 Å². The van der Waals surface area contributed by atoms with Gasteiger partial charge in [0.15, 0.2) is 0 Å². The van der Waals surface area contributed by atoms with Gasteiger partial charge in [-0.2, -0.15) is 0 Å². The molecule has 2 heteroatoms. The van der Waals surface area contributed by atoms with Gasteiger partial charge < -0.3 is 5.73 Å². The van der Waals surface area contributed by atoms with Crippen LogP contribution >= 0.6 is 0 Å². The lowest BCUT2D eigenvalue weighted by Crippen LogP contribution is -2.40. The Morgan fingerprint density at radius 1 is 1.08 bits per heavy atom. The highest BCUT2D eigenvalue weighted by molar-refractivity contribution is 5.86. The molecule has 0 spiro atoms. The molecule has 0 heterocycles. The molecule has 0 saturated heterocycles. The van der Waals surface area contributed by atoms with Crippen molar-refractivity contribution in [2.45, 2.75) is 38.1 Å². The summed E-state index contributed by atoms with van der Waals surface area (Å²) in [4.78, 5) is 11.9. The quantitative estimate of drug-likeness (QED) is 0.695. The number of Topliss-reactive ketones (excluding diaryl/α,β-unsaturated/α-hetero) is 1. The van der Waals surface area contributed by atoms with E-state index in [0.29, 0.717) is 23.5 Å². The number of hydrogen-bond donors (Lipinski definition) is 1. The van der Waals surface area contributed by atoms with Crippen LogP contribution in [0.2, 0.25) is 0 Å². The van der Waals surface area contributed by atoms with E-state index in [2.05, 4.69) is 0 Å². The van der Waals surface area contributed by atoms with Crippen LogP contribution in [0.3, 0.4) is 0 Å². The molecular formula is C11H17NO. The summed E-state index contributed by atoms with van der Waals surface area (Å²) in [6.07, 6.45) is 6.06. The van der Waals surface area contributed by atoms with Crippen LogP contribution in [0.25, 0.3) is 0 Å². The first kappa shape index (κ1) is 7.98. The highest BCUT2D eigenvalue weighted by Gasteiger charge is 2.51. The van der Waals surface area contributed by atoms with Gasteiger partial charge in [-0.05, 0) is 43.9 Å². The normalized spacial score (nSPS) is 48.4. The molecule has 3 rings (SSSR count).